The van der Waals surface area contributed by atoms with Gasteiger partial charge in [0.15, 0.2) is 0 Å². The number of hydrogen-bond acceptors (Lipinski definition) is 6. The molecule has 24 heavy (non-hydrogen) atoms. The molecule has 1 amide bonds. The Hall–Kier alpha value is -1.96. The topological polar surface area (TPSA) is 125 Å². The fraction of sp³-hybridized carbons (Fsp3) is 0.438. The molecule has 0 heterocycles. The van der Waals surface area contributed by atoms with Gasteiger partial charge in [-0.1, -0.05) is 37.3 Å². The number of ether oxygens (including phenoxy) is 1. The predicted octanol–water partition coefficient (Wildman–Crippen LogP) is 0.149. The highest BCUT2D eigenvalue weighted by molar-refractivity contribution is 5.92. The van der Waals surface area contributed by atoms with Gasteiger partial charge in [0.1, 0.15) is 6.04 Å². The molecule has 7 nitrogen and oxygen atoms in total. The van der Waals surface area contributed by atoms with Gasteiger partial charge in [-0.25, -0.2) is 4.79 Å². The highest BCUT2D eigenvalue weighted by atomic mass is 35.5. The fourth-order valence-corrected chi connectivity index (χ4v) is 1.94. The normalized spacial score (nSPS) is 12.5. The van der Waals surface area contributed by atoms with Crippen LogP contribution in [-0.2, 0) is 25.5 Å². The van der Waals surface area contributed by atoms with Crippen molar-refractivity contribution in [2.75, 3.05) is 13.1 Å². The summed E-state index contributed by atoms with van der Waals surface area (Å²) in [5.74, 6) is -2.43. The van der Waals surface area contributed by atoms with Crippen molar-refractivity contribution in [2.24, 2.45) is 17.4 Å². The molecule has 8 heteroatoms. The number of nitrogens with two attached hydrogens (primary N) is 2. The summed E-state index contributed by atoms with van der Waals surface area (Å²) in [6, 6.07) is 8.13. The SMILES string of the molecule is CC(CCN)C(=O)OC(=O)[C@H](Cc1ccccc1)NC(=O)CN.Cl. The van der Waals surface area contributed by atoms with Gasteiger partial charge < -0.3 is 21.5 Å². The van der Waals surface area contributed by atoms with Crippen LogP contribution in [0.15, 0.2) is 30.3 Å². The van der Waals surface area contributed by atoms with Crippen LogP contribution in [0.2, 0.25) is 0 Å². The highest BCUT2D eigenvalue weighted by Gasteiger charge is 2.26. The van der Waals surface area contributed by atoms with E-state index in [4.69, 9.17) is 16.2 Å². The van der Waals surface area contributed by atoms with Crippen LogP contribution in [0.4, 0.5) is 0 Å². The molecule has 134 valence electrons. The Morgan fingerprint density at radius 2 is 1.75 bits per heavy atom. The molecule has 0 bridgehead atoms. The van der Waals surface area contributed by atoms with E-state index in [9.17, 15) is 14.4 Å². The molecule has 0 radical (unpaired) electrons. The van der Waals surface area contributed by atoms with Crippen molar-refractivity contribution in [2.45, 2.75) is 25.8 Å². The third-order valence-corrected chi connectivity index (χ3v) is 3.29. The van der Waals surface area contributed by atoms with Gasteiger partial charge >= 0.3 is 11.9 Å². The maximum absolute atomic E-state index is 12.2. The quantitative estimate of drug-likeness (QED) is 0.449. The third kappa shape index (κ3) is 7.54. The fourth-order valence-electron chi connectivity index (χ4n) is 1.94. The molecule has 0 aliphatic carbocycles. The summed E-state index contributed by atoms with van der Waals surface area (Å²) < 4.78 is 4.86. The summed E-state index contributed by atoms with van der Waals surface area (Å²) in [5, 5.41) is 2.48. The van der Waals surface area contributed by atoms with E-state index in [1.54, 1.807) is 6.92 Å². The van der Waals surface area contributed by atoms with E-state index in [1.165, 1.54) is 0 Å². The summed E-state index contributed by atoms with van der Waals surface area (Å²) in [5.41, 5.74) is 11.5. The zero-order chi connectivity index (χ0) is 17.2. The first-order chi connectivity index (χ1) is 11.0. The van der Waals surface area contributed by atoms with E-state index >= 15 is 0 Å². The first-order valence-corrected chi connectivity index (χ1v) is 7.46. The molecule has 1 unspecified atom stereocenters. The first-order valence-electron chi connectivity index (χ1n) is 7.46. The van der Waals surface area contributed by atoms with E-state index in [0.717, 1.165) is 5.56 Å². The standard InChI is InChI=1S/C16H23N3O4.ClH/c1-11(7-8-17)15(21)23-16(22)13(19-14(20)10-18)9-12-5-3-2-4-6-12;/h2-6,11,13H,7-10,17-18H2,1H3,(H,19,20);1H/t11?,13-;/m0./s1. The van der Waals surface area contributed by atoms with E-state index in [1.807, 2.05) is 30.3 Å². The third-order valence-electron chi connectivity index (χ3n) is 3.29. The lowest BCUT2D eigenvalue weighted by molar-refractivity contribution is -0.164. The van der Waals surface area contributed by atoms with Crippen LogP contribution in [-0.4, -0.2) is 37.0 Å². The average molecular weight is 358 g/mol. The maximum atomic E-state index is 12.2. The second-order valence-corrected chi connectivity index (χ2v) is 5.23. The van der Waals surface area contributed by atoms with Gasteiger partial charge in [0.2, 0.25) is 5.91 Å². The maximum Gasteiger partial charge on any atom is 0.336 e. The minimum Gasteiger partial charge on any atom is -0.391 e. The molecule has 1 aromatic rings. The number of esters is 2. The number of nitrogens with one attached hydrogen (secondary N) is 1. The lowest BCUT2D eigenvalue weighted by Gasteiger charge is -2.18. The second kappa shape index (κ2) is 11.6. The van der Waals surface area contributed by atoms with Gasteiger partial charge in [-0.05, 0) is 18.5 Å². The molecule has 0 aliphatic heterocycles. The molecule has 0 aromatic heterocycles. The van der Waals surface area contributed by atoms with Crippen LogP contribution in [0.1, 0.15) is 18.9 Å². The van der Waals surface area contributed by atoms with Gasteiger partial charge in [-0.15, -0.1) is 12.4 Å². The van der Waals surface area contributed by atoms with Crippen molar-refractivity contribution >= 4 is 30.3 Å². The van der Waals surface area contributed by atoms with Gasteiger partial charge in [0.25, 0.3) is 0 Å². The van der Waals surface area contributed by atoms with Gasteiger partial charge in [0.05, 0.1) is 12.5 Å². The van der Waals surface area contributed by atoms with Gasteiger partial charge in [-0.2, -0.15) is 0 Å². The smallest absolute Gasteiger partial charge is 0.336 e. The summed E-state index contributed by atoms with van der Waals surface area (Å²) in [6.45, 7) is 1.70. The zero-order valence-electron chi connectivity index (χ0n) is 13.6. The minimum atomic E-state index is -0.970. The molecular formula is C16H24ClN3O4. The monoisotopic (exact) mass is 357 g/mol. The Balaban J connectivity index is 0.00000529. The van der Waals surface area contributed by atoms with Crippen LogP contribution in [0.5, 0.6) is 0 Å². The number of halogens is 1. The van der Waals surface area contributed by atoms with E-state index in [-0.39, 0.29) is 25.4 Å². The summed E-state index contributed by atoms with van der Waals surface area (Å²) >= 11 is 0. The number of benzene rings is 1. The highest BCUT2D eigenvalue weighted by Crippen LogP contribution is 2.08. The van der Waals surface area contributed by atoms with Crippen LogP contribution < -0.4 is 16.8 Å². The van der Waals surface area contributed by atoms with Crippen molar-refractivity contribution in [3.8, 4) is 0 Å². The van der Waals surface area contributed by atoms with Gasteiger partial charge in [-0.3, -0.25) is 9.59 Å². The van der Waals surface area contributed by atoms with E-state index < -0.39 is 29.8 Å². The molecule has 0 fully saturated rings. The van der Waals surface area contributed by atoms with Crippen LogP contribution in [0.25, 0.3) is 0 Å². The number of carbonyl (C=O) groups is 3. The van der Waals surface area contributed by atoms with E-state index in [0.29, 0.717) is 13.0 Å². The molecule has 0 spiro atoms. The van der Waals surface area contributed by atoms with Crippen molar-refractivity contribution in [3.05, 3.63) is 35.9 Å². The molecule has 2 atom stereocenters. The lowest BCUT2D eigenvalue weighted by Crippen LogP contribution is -2.46. The first kappa shape index (κ1) is 22.0. The Bertz CT molecular complexity index is 539. The lowest BCUT2D eigenvalue weighted by atomic mass is 10.1. The largest absolute Gasteiger partial charge is 0.391 e. The van der Waals surface area contributed by atoms with E-state index in [2.05, 4.69) is 5.32 Å². The Kier molecular flexibility index (Phi) is 10.6. The number of hydrogen-bond donors (Lipinski definition) is 3. The number of carbonyl (C=O) groups excluding carboxylic acids is 3. The zero-order valence-corrected chi connectivity index (χ0v) is 14.4. The molecule has 1 aromatic carbocycles. The summed E-state index contributed by atoms with van der Waals surface area (Å²) in [6.07, 6.45) is 0.634. The van der Waals surface area contributed by atoms with Crippen LogP contribution in [0.3, 0.4) is 0 Å². The second-order valence-electron chi connectivity index (χ2n) is 5.23. The Labute approximate surface area is 147 Å². The van der Waals surface area contributed by atoms with Crippen molar-refractivity contribution in [3.63, 3.8) is 0 Å². The number of amides is 1. The van der Waals surface area contributed by atoms with Crippen molar-refractivity contribution in [1.82, 2.24) is 5.32 Å². The Morgan fingerprint density at radius 3 is 2.29 bits per heavy atom. The number of rotatable bonds is 8. The summed E-state index contributed by atoms with van der Waals surface area (Å²) in [7, 11) is 0. The molecular weight excluding hydrogens is 334 g/mol. The molecule has 0 saturated carbocycles. The van der Waals surface area contributed by atoms with Crippen LogP contribution in [0, 0.1) is 5.92 Å². The minimum absolute atomic E-state index is 0. The van der Waals surface area contributed by atoms with Gasteiger partial charge in [0, 0.05) is 6.42 Å². The molecule has 0 aliphatic rings. The average Bonchev–Trinajstić information content (AvgIpc) is 2.55. The summed E-state index contributed by atoms with van der Waals surface area (Å²) in [4.78, 5) is 35.5. The molecule has 0 saturated heterocycles. The van der Waals surface area contributed by atoms with Crippen molar-refractivity contribution in [1.29, 1.82) is 0 Å². The predicted molar refractivity (Wildman–Crippen MR) is 92.3 cm³/mol. The Morgan fingerprint density at radius 1 is 1.12 bits per heavy atom. The molecule has 5 N–H and O–H groups in total. The van der Waals surface area contributed by atoms with Crippen molar-refractivity contribution < 1.29 is 19.1 Å². The molecule has 1 rings (SSSR count). The van der Waals surface area contributed by atoms with Crippen LogP contribution >= 0.6 is 12.4 Å².